The Kier molecular flexibility index (Phi) is 3.23. The zero-order valence-electron chi connectivity index (χ0n) is 9.73. The standard InChI is InChI=1S/C13H15N3O/c1-2-7-15-13-10-6-4-3-5-9(10)11(8-16-13)12(14)17/h3-6,8H,2,7H2,1H3,(H2,14,17)(H,15,16). The predicted molar refractivity (Wildman–Crippen MR) is 69.0 cm³/mol. The molecule has 2 rings (SSSR count). The summed E-state index contributed by atoms with van der Waals surface area (Å²) >= 11 is 0. The van der Waals surface area contributed by atoms with Crippen LogP contribution in [0, 0.1) is 0 Å². The van der Waals surface area contributed by atoms with Crippen LogP contribution < -0.4 is 11.1 Å². The fourth-order valence-corrected chi connectivity index (χ4v) is 1.77. The van der Waals surface area contributed by atoms with E-state index in [1.165, 1.54) is 6.20 Å². The maximum absolute atomic E-state index is 11.3. The van der Waals surface area contributed by atoms with Crippen LogP contribution in [0.25, 0.3) is 10.8 Å². The molecule has 0 fully saturated rings. The van der Waals surface area contributed by atoms with E-state index < -0.39 is 5.91 Å². The van der Waals surface area contributed by atoms with Crippen molar-refractivity contribution in [3.8, 4) is 0 Å². The Morgan fingerprint density at radius 2 is 2.06 bits per heavy atom. The quantitative estimate of drug-likeness (QED) is 0.844. The van der Waals surface area contributed by atoms with Crippen molar-refractivity contribution >= 4 is 22.5 Å². The molecule has 0 atom stereocenters. The first-order valence-corrected chi connectivity index (χ1v) is 5.65. The number of benzene rings is 1. The summed E-state index contributed by atoms with van der Waals surface area (Å²) in [5.74, 6) is 0.350. The molecule has 17 heavy (non-hydrogen) atoms. The van der Waals surface area contributed by atoms with Crippen LogP contribution in [0.4, 0.5) is 5.82 Å². The van der Waals surface area contributed by atoms with Crippen LogP contribution in [0.2, 0.25) is 0 Å². The van der Waals surface area contributed by atoms with Crippen LogP contribution in [-0.2, 0) is 0 Å². The second-order valence-electron chi connectivity index (χ2n) is 3.86. The third kappa shape index (κ3) is 2.20. The molecule has 0 saturated heterocycles. The monoisotopic (exact) mass is 229 g/mol. The number of rotatable bonds is 4. The van der Waals surface area contributed by atoms with Gasteiger partial charge < -0.3 is 11.1 Å². The molecule has 0 radical (unpaired) electrons. The number of nitrogens with one attached hydrogen (secondary N) is 1. The molecule has 88 valence electrons. The minimum atomic E-state index is -0.448. The van der Waals surface area contributed by atoms with Crippen LogP contribution in [0.5, 0.6) is 0 Å². The van der Waals surface area contributed by atoms with Crippen molar-refractivity contribution in [3.63, 3.8) is 0 Å². The number of primary amides is 1. The summed E-state index contributed by atoms with van der Waals surface area (Å²) in [6, 6.07) is 7.63. The number of carbonyl (C=O) groups is 1. The lowest BCUT2D eigenvalue weighted by molar-refractivity contribution is 0.100. The molecule has 0 aliphatic carbocycles. The summed E-state index contributed by atoms with van der Waals surface area (Å²) < 4.78 is 0. The average Bonchev–Trinajstić information content (AvgIpc) is 2.35. The summed E-state index contributed by atoms with van der Waals surface area (Å²) in [7, 11) is 0. The van der Waals surface area contributed by atoms with Crippen LogP contribution in [-0.4, -0.2) is 17.4 Å². The van der Waals surface area contributed by atoms with E-state index in [1.807, 2.05) is 24.3 Å². The van der Waals surface area contributed by atoms with E-state index in [0.29, 0.717) is 5.56 Å². The molecular formula is C13H15N3O. The summed E-state index contributed by atoms with van der Waals surface area (Å²) in [6.07, 6.45) is 2.55. The van der Waals surface area contributed by atoms with Gasteiger partial charge in [-0.15, -0.1) is 0 Å². The van der Waals surface area contributed by atoms with Gasteiger partial charge >= 0.3 is 0 Å². The topological polar surface area (TPSA) is 68.0 Å². The normalized spacial score (nSPS) is 10.4. The highest BCUT2D eigenvalue weighted by atomic mass is 16.1. The minimum Gasteiger partial charge on any atom is -0.370 e. The summed E-state index contributed by atoms with van der Waals surface area (Å²) in [5, 5.41) is 5.01. The van der Waals surface area contributed by atoms with E-state index in [9.17, 15) is 4.79 Å². The highest BCUT2D eigenvalue weighted by Crippen LogP contribution is 2.23. The van der Waals surface area contributed by atoms with Gasteiger partial charge in [-0.1, -0.05) is 31.2 Å². The molecule has 4 nitrogen and oxygen atoms in total. The molecule has 0 saturated carbocycles. The second-order valence-corrected chi connectivity index (χ2v) is 3.86. The number of hydrogen-bond donors (Lipinski definition) is 2. The van der Waals surface area contributed by atoms with Crippen molar-refractivity contribution in [1.82, 2.24) is 4.98 Å². The van der Waals surface area contributed by atoms with Gasteiger partial charge in [0.25, 0.3) is 5.91 Å². The van der Waals surface area contributed by atoms with Gasteiger partial charge in [-0.05, 0) is 11.8 Å². The van der Waals surface area contributed by atoms with Gasteiger partial charge in [0.15, 0.2) is 0 Å². The Hall–Kier alpha value is -2.10. The van der Waals surface area contributed by atoms with Crippen molar-refractivity contribution < 1.29 is 4.79 Å². The highest BCUT2D eigenvalue weighted by Gasteiger charge is 2.09. The Morgan fingerprint density at radius 3 is 2.71 bits per heavy atom. The van der Waals surface area contributed by atoms with Crippen molar-refractivity contribution in [3.05, 3.63) is 36.0 Å². The molecule has 0 aliphatic rings. The molecular weight excluding hydrogens is 214 g/mol. The molecule has 1 aromatic heterocycles. The predicted octanol–water partition coefficient (Wildman–Crippen LogP) is 2.16. The van der Waals surface area contributed by atoms with Crippen molar-refractivity contribution in [2.45, 2.75) is 13.3 Å². The number of carbonyl (C=O) groups excluding carboxylic acids is 1. The van der Waals surface area contributed by atoms with Crippen LogP contribution in [0.3, 0.4) is 0 Å². The van der Waals surface area contributed by atoms with E-state index in [2.05, 4.69) is 17.2 Å². The van der Waals surface area contributed by atoms with Crippen LogP contribution >= 0.6 is 0 Å². The number of hydrogen-bond acceptors (Lipinski definition) is 3. The molecule has 1 amide bonds. The zero-order valence-corrected chi connectivity index (χ0v) is 9.73. The smallest absolute Gasteiger partial charge is 0.250 e. The van der Waals surface area contributed by atoms with Crippen LogP contribution in [0.1, 0.15) is 23.7 Å². The number of fused-ring (bicyclic) bond motifs is 1. The Morgan fingerprint density at radius 1 is 1.35 bits per heavy atom. The molecule has 3 N–H and O–H groups in total. The molecule has 0 bridgehead atoms. The molecule has 0 aliphatic heterocycles. The molecule has 1 heterocycles. The Balaban J connectivity index is 2.58. The van der Waals surface area contributed by atoms with E-state index in [4.69, 9.17) is 5.73 Å². The zero-order chi connectivity index (χ0) is 12.3. The molecule has 0 unspecified atom stereocenters. The first-order chi connectivity index (χ1) is 8.24. The lowest BCUT2D eigenvalue weighted by atomic mass is 10.1. The SMILES string of the molecule is CCCNc1ncc(C(N)=O)c2ccccc12. The molecule has 0 spiro atoms. The van der Waals surface area contributed by atoms with E-state index in [0.717, 1.165) is 29.6 Å². The van der Waals surface area contributed by atoms with Gasteiger partial charge in [0.1, 0.15) is 5.82 Å². The maximum Gasteiger partial charge on any atom is 0.250 e. The lowest BCUT2D eigenvalue weighted by Gasteiger charge is -2.09. The van der Waals surface area contributed by atoms with Gasteiger partial charge in [0, 0.05) is 18.1 Å². The molecule has 1 aromatic carbocycles. The summed E-state index contributed by atoms with van der Waals surface area (Å²) in [6.45, 7) is 2.94. The number of aromatic nitrogens is 1. The number of nitrogens with zero attached hydrogens (tertiary/aromatic N) is 1. The Labute approximate surface area is 99.8 Å². The molecule has 2 aromatic rings. The van der Waals surface area contributed by atoms with Gasteiger partial charge in [0.05, 0.1) is 5.56 Å². The average molecular weight is 229 g/mol. The van der Waals surface area contributed by atoms with E-state index >= 15 is 0 Å². The maximum atomic E-state index is 11.3. The molecule has 4 heteroatoms. The van der Waals surface area contributed by atoms with Crippen molar-refractivity contribution in [1.29, 1.82) is 0 Å². The van der Waals surface area contributed by atoms with Gasteiger partial charge in [0.2, 0.25) is 0 Å². The minimum absolute atomic E-state index is 0.448. The number of pyridine rings is 1. The second kappa shape index (κ2) is 4.82. The van der Waals surface area contributed by atoms with Crippen LogP contribution in [0.15, 0.2) is 30.5 Å². The first kappa shape index (κ1) is 11.4. The summed E-state index contributed by atoms with van der Waals surface area (Å²) in [5.41, 5.74) is 5.79. The van der Waals surface area contributed by atoms with E-state index in [1.54, 1.807) is 0 Å². The lowest BCUT2D eigenvalue weighted by Crippen LogP contribution is -2.13. The third-order valence-electron chi connectivity index (χ3n) is 2.60. The Bertz CT molecular complexity index is 551. The fourth-order valence-electron chi connectivity index (χ4n) is 1.77. The summed E-state index contributed by atoms with van der Waals surface area (Å²) in [4.78, 5) is 15.6. The van der Waals surface area contributed by atoms with Gasteiger partial charge in [-0.3, -0.25) is 4.79 Å². The van der Waals surface area contributed by atoms with Gasteiger partial charge in [-0.25, -0.2) is 4.98 Å². The fraction of sp³-hybridized carbons (Fsp3) is 0.231. The highest BCUT2D eigenvalue weighted by molar-refractivity contribution is 6.08. The first-order valence-electron chi connectivity index (χ1n) is 5.65. The number of nitrogens with two attached hydrogens (primary N) is 1. The largest absolute Gasteiger partial charge is 0.370 e. The number of amides is 1. The van der Waals surface area contributed by atoms with Crippen molar-refractivity contribution in [2.75, 3.05) is 11.9 Å². The van der Waals surface area contributed by atoms with Crippen molar-refractivity contribution in [2.24, 2.45) is 5.73 Å². The van der Waals surface area contributed by atoms with E-state index in [-0.39, 0.29) is 0 Å². The van der Waals surface area contributed by atoms with Gasteiger partial charge in [-0.2, -0.15) is 0 Å². The number of anilines is 1. The third-order valence-corrected chi connectivity index (χ3v) is 2.60.